The fourth-order valence-corrected chi connectivity index (χ4v) is 4.73. The van der Waals surface area contributed by atoms with Gasteiger partial charge < -0.3 is 20.1 Å². The van der Waals surface area contributed by atoms with Crippen molar-refractivity contribution in [1.29, 1.82) is 0 Å². The van der Waals surface area contributed by atoms with Gasteiger partial charge in [0.25, 0.3) is 5.91 Å². The molecule has 2 aromatic carbocycles. The summed E-state index contributed by atoms with van der Waals surface area (Å²) >= 11 is 1.66. The number of nitrogens with one attached hydrogen (secondary N) is 4. The molecule has 0 spiro atoms. The van der Waals surface area contributed by atoms with E-state index in [1.165, 1.54) is 0 Å². The molecule has 2 aromatic rings. The van der Waals surface area contributed by atoms with Gasteiger partial charge in [-0.25, -0.2) is 15.0 Å². The Morgan fingerprint density at radius 1 is 0.923 bits per heavy atom. The van der Waals surface area contributed by atoms with Crippen LogP contribution >= 0.6 is 11.8 Å². The number of fused-ring (bicyclic) bond motifs is 3. The maximum atomic E-state index is 12.8. The largest absolute Gasteiger partial charge is 0.449 e. The molecule has 0 aromatic heterocycles. The summed E-state index contributed by atoms with van der Waals surface area (Å²) < 4.78 is 10.9. The van der Waals surface area contributed by atoms with Gasteiger partial charge in [0.1, 0.15) is 18.2 Å². The number of amides is 3. The average molecular weight is 557 g/mol. The third kappa shape index (κ3) is 9.47. The Kier molecular flexibility index (Phi) is 11.5. The zero-order valence-electron chi connectivity index (χ0n) is 23.2. The average Bonchev–Trinajstić information content (AvgIpc) is 3.21. The molecule has 0 heterocycles. The van der Waals surface area contributed by atoms with Crippen LogP contribution in [0.25, 0.3) is 11.1 Å². The van der Waals surface area contributed by atoms with Crippen LogP contribution in [0.1, 0.15) is 57.1 Å². The van der Waals surface area contributed by atoms with E-state index in [1.54, 1.807) is 32.5 Å². The Balaban J connectivity index is 1.53. The minimum absolute atomic E-state index is 0.0671. The summed E-state index contributed by atoms with van der Waals surface area (Å²) in [5.74, 6) is 0.424. The van der Waals surface area contributed by atoms with Gasteiger partial charge in [-0.05, 0) is 68.5 Å². The molecule has 0 saturated carbocycles. The molecule has 0 fully saturated rings. The minimum Gasteiger partial charge on any atom is -0.449 e. The van der Waals surface area contributed by atoms with Crippen molar-refractivity contribution in [3.8, 4) is 11.1 Å². The van der Waals surface area contributed by atoms with Crippen LogP contribution < -0.4 is 21.5 Å². The molecule has 1 aliphatic carbocycles. The van der Waals surface area contributed by atoms with Gasteiger partial charge >= 0.3 is 12.2 Å². The first-order valence-electron chi connectivity index (χ1n) is 13.3. The van der Waals surface area contributed by atoms with Crippen molar-refractivity contribution in [1.82, 2.24) is 21.5 Å². The third-order valence-electron chi connectivity index (χ3n) is 6.18. The van der Waals surface area contributed by atoms with Crippen LogP contribution in [-0.2, 0) is 14.3 Å². The lowest BCUT2D eigenvalue weighted by Crippen LogP contribution is -2.51. The lowest BCUT2D eigenvalue weighted by Gasteiger charge is -2.21. The van der Waals surface area contributed by atoms with E-state index < -0.39 is 23.8 Å². The van der Waals surface area contributed by atoms with Crippen molar-refractivity contribution in [2.24, 2.45) is 0 Å². The topological polar surface area (TPSA) is 118 Å². The predicted molar refractivity (Wildman–Crippen MR) is 155 cm³/mol. The maximum Gasteiger partial charge on any atom is 0.407 e. The second kappa shape index (κ2) is 14.8. The number of carbonyl (C=O) groups is 3. The van der Waals surface area contributed by atoms with E-state index in [2.05, 4.69) is 45.8 Å². The van der Waals surface area contributed by atoms with E-state index in [9.17, 15) is 14.4 Å². The molecular formula is C29H40N4O5S. The summed E-state index contributed by atoms with van der Waals surface area (Å²) in [7, 11) is 0. The first kappa shape index (κ1) is 30.3. The van der Waals surface area contributed by atoms with E-state index in [4.69, 9.17) is 9.47 Å². The zero-order valence-corrected chi connectivity index (χ0v) is 24.0. The van der Waals surface area contributed by atoms with E-state index in [-0.39, 0.29) is 18.4 Å². The van der Waals surface area contributed by atoms with Crippen LogP contribution in [0.5, 0.6) is 0 Å². The van der Waals surface area contributed by atoms with Crippen molar-refractivity contribution in [3.05, 3.63) is 59.7 Å². The number of unbranched alkanes of at least 4 members (excludes halogenated alkanes) is 1. The molecule has 10 heteroatoms. The summed E-state index contributed by atoms with van der Waals surface area (Å²) in [4.78, 5) is 37.5. The van der Waals surface area contributed by atoms with E-state index in [0.29, 0.717) is 32.4 Å². The van der Waals surface area contributed by atoms with Gasteiger partial charge in [-0.1, -0.05) is 48.5 Å². The van der Waals surface area contributed by atoms with Gasteiger partial charge in [-0.3, -0.25) is 10.2 Å². The number of alkyl carbamates (subject to hydrolysis) is 2. The Labute approximate surface area is 235 Å². The van der Waals surface area contributed by atoms with Crippen LogP contribution in [0.15, 0.2) is 48.5 Å². The third-order valence-corrected chi connectivity index (χ3v) is 6.80. The van der Waals surface area contributed by atoms with Crippen LogP contribution in [0, 0.1) is 0 Å². The smallest absolute Gasteiger partial charge is 0.407 e. The molecule has 0 saturated heterocycles. The van der Waals surface area contributed by atoms with E-state index >= 15 is 0 Å². The highest BCUT2D eigenvalue weighted by Crippen LogP contribution is 2.44. The molecule has 3 rings (SSSR count). The second-order valence-corrected chi connectivity index (χ2v) is 11.3. The standard InChI is InChI=1S/C29H40N4O5S/c1-29(2,3)38-27(35)30-16-10-9-15-25(26(34)33-31-17-18-39-4)32-28(36)37-19-24-22-13-7-5-11-20(22)21-12-6-8-14-23(21)24/h5-8,11-14,24-25,31H,9-10,15-19H2,1-4H3,(H,30,35)(H,32,36)(H,33,34)/t25-/m0/s1. The summed E-state index contributed by atoms with van der Waals surface area (Å²) in [5.41, 5.74) is 9.53. The molecule has 0 unspecified atom stereocenters. The number of rotatable bonds is 13. The van der Waals surface area contributed by atoms with Crippen LogP contribution in [0.2, 0.25) is 0 Å². The van der Waals surface area contributed by atoms with Crippen molar-refractivity contribution in [2.75, 3.05) is 31.7 Å². The number of thioether (sulfide) groups is 1. The Morgan fingerprint density at radius 3 is 2.18 bits per heavy atom. The fraction of sp³-hybridized carbons (Fsp3) is 0.483. The van der Waals surface area contributed by atoms with Gasteiger partial charge in [0, 0.05) is 24.8 Å². The fourth-order valence-electron chi connectivity index (χ4n) is 4.42. The highest BCUT2D eigenvalue weighted by molar-refractivity contribution is 7.98. The SMILES string of the molecule is CSCCNNC(=O)[C@H](CCCCNC(=O)OC(C)(C)C)NC(=O)OCC1c2ccccc2-c2ccccc21. The number of carbonyl (C=O) groups excluding carboxylic acids is 3. The van der Waals surface area contributed by atoms with E-state index in [1.807, 2.05) is 30.5 Å². The minimum atomic E-state index is -0.788. The predicted octanol–water partition coefficient (Wildman–Crippen LogP) is 4.57. The van der Waals surface area contributed by atoms with Crippen LogP contribution in [0.3, 0.4) is 0 Å². The van der Waals surface area contributed by atoms with Crippen LogP contribution in [0.4, 0.5) is 9.59 Å². The van der Waals surface area contributed by atoms with Crippen molar-refractivity contribution in [3.63, 3.8) is 0 Å². The zero-order chi connectivity index (χ0) is 28.3. The molecule has 0 bridgehead atoms. The number of benzene rings is 2. The molecule has 3 amide bonds. The summed E-state index contributed by atoms with van der Waals surface area (Å²) in [6, 6.07) is 15.5. The molecule has 39 heavy (non-hydrogen) atoms. The molecule has 0 radical (unpaired) electrons. The van der Waals surface area contributed by atoms with Gasteiger partial charge in [0.05, 0.1) is 0 Å². The lowest BCUT2D eigenvalue weighted by molar-refractivity contribution is -0.124. The molecule has 0 aliphatic heterocycles. The molecule has 1 aliphatic rings. The number of hydrogen-bond acceptors (Lipinski definition) is 7. The normalized spacial score (nSPS) is 13.1. The molecule has 212 valence electrons. The van der Waals surface area contributed by atoms with E-state index in [0.717, 1.165) is 28.0 Å². The highest BCUT2D eigenvalue weighted by atomic mass is 32.2. The molecule has 9 nitrogen and oxygen atoms in total. The Bertz CT molecular complexity index is 1080. The lowest BCUT2D eigenvalue weighted by atomic mass is 9.98. The van der Waals surface area contributed by atoms with Gasteiger partial charge in [0.15, 0.2) is 0 Å². The first-order chi connectivity index (χ1) is 18.7. The number of ether oxygens (including phenoxy) is 2. The summed E-state index contributed by atoms with van der Waals surface area (Å²) in [5, 5.41) is 5.44. The van der Waals surface area contributed by atoms with Gasteiger partial charge in [-0.15, -0.1) is 0 Å². The first-order valence-corrected chi connectivity index (χ1v) is 14.7. The van der Waals surface area contributed by atoms with Crippen molar-refractivity contribution < 1.29 is 23.9 Å². The van der Waals surface area contributed by atoms with Crippen LogP contribution in [-0.4, -0.2) is 61.4 Å². The number of hydrogen-bond donors (Lipinski definition) is 4. The Morgan fingerprint density at radius 2 is 1.56 bits per heavy atom. The Hall–Kier alpha value is -3.24. The maximum absolute atomic E-state index is 12.8. The highest BCUT2D eigenvalue weighted by Gasteiger charge is 2.29. The molecular weight excluding hydrogens is 516 g/mol. The second-order valence-electron chi connectivity index (χ2n) is 10.4. The monoisotopic (exact) mass is 556 g/mol. The van der Waals surface area contributed by atoms with Crippen molar-refractivity contribution in [2.45, 2.75) is 57.6 Å². The number of hydrazine groups is 1. The quantitative estimate of drug-likeness (QED) is 0.211. The summed E-state index contributed by atoms with van der Waals surface area (Å²) in [6.45, 7) is 6.58. The summed E-state index contributed by atoms with van der Waals surface area (Å²) in [6.07, 6.45) is 2.46. The van der Waals surface area contributed by atoms with Gasteiger partial charge in [-0.2, -0.15) is 11.8 Å². The van der Waals surface area contributed by atoms with Gasteiger partial charge in [0.2, 0.25) is 0 Å². The molecule has 4 N–H and O–H groups in total. The van der Waals surface area contributed by atoms with Crippen molar-refractivity contribution >= 4 is 29.9 Å². The molecule has 1 atom stereocenters.